The van der Waals surface area contributed by atoms with Crippen LogP contribution >= 0.6 is 7.82 Å². The van der Waals surface area contributed by atoms with E-state index in [2.05, 4.69) is 38.2 Å². The highest BCUT2D eigenvalue weighted by atomic mass is 31.2. The van der Waals surface area contributed by atoms with Crippen LogP contribution in [0.15, 0.2) is 12.2 Å². The van der Waals surface area contributed by atoms with E-state index >= 15 is 0 Å². The highest BCUT2D eigenvalue weighted by Gasteiger charge is 2.33. The molecule has 0 aromatic rings. The van der Waals surface area contributed by atoms with Crippen LogP contribution in [0.5, 0.6) is 0 Å². The average molecular weight is 642 g/mol. The van der Waals surface area contributed by atoms with Crippen LogP contribution in [0.4, 0.5) is 0 Å². The topological polar surface area (TPSA) is 73.9 Å². The first-order chi connectivity index (χ1) is 21.5. The second-order valence-electron chi connectivity index (χ2n) is 13.2. The van der Waals surface area contributed by atoms with Crippen molar-refractivity contribution in [3.63, 3.8) is 0 Å². The number of carbonyl (C=O) groups excluding carboxylic acids is 1. The number of phosphoric acid groups is 1. The molecule has 1 aliphatic heterocycles. The summed E-state index contributed by atoms with van der Waals surface area (Å²) in [4.78, 5) is 12.8. The zero-order valence-electron chi connectivity index (χ0n) is 29.3. The molecular weight excluding hydrogens is 569 g/mol. The Kier molecular flexibility index (Phi) is 27.9. The molecule has 1 rings (SSSR count). The van der Waals surface area contributed by atoms with Crippen LogP contribution in [0.1, 0.15) is 188 Å². The van der Waals surface area contributed by atoms with Gasteiger partial charge in [-0.25, -0.2) is 4.57 Å². The van der Waals surface area contributed by atoms with Crippen molar-refractivity contribution in [1.82, 2.24) is 5.32 Å². The number of amides is 1. The molecular formula is C37H72NO5P. The zero-order valence-corrected chi connectivity index (χ0v) is 30.2. The lowest BCUT2D eigenvalue weighted by Crippen LogP contribution is -2.42. The van der Waals surface area contributed by atoms with E-state index in [4.69, 9.17) is 13.6 Å². The second kappa shape index (κ2) is 29.7. The lowest BCUT2D eigenvalue weighted by molar-refractivity contribution is -0.122. The van der Waals surface area contributed by atoms with Gasteiger partial charge >= 0.3 is 7.82 Å². The van der Waals surface area contributed by atoms with Gasteiger partial charge in [0.25, 0.3) is 0 Å². The van der Waals surface area contributed by atoms with Crippen molar-refractivity contribution in [2.45, 2.75) is 194 Å². The van der Waals surface area contributed by atoms with E-state index in [-0.39, 0.29) is 37.7 Å². The highest BCUT2D eigenvalue weighted by Crippen LogP contribution is 2.52. The first-order valence-corrected chi connectivity index (χ1v) is 20.5. The summed E-state index contributed by atoms with van der Waals surface area (Å²) in [6.45, 7) is 7.30. The minimum absolute atomic E-state index is 0.0406. The van der Waals surface area contributed by atoms with Crippen molar-refractivity contribution in [3.8, 4) is 0 Å². The van der Waals surface area contributed by atoms with E-state index in [1.165, 1.54) is 141 Å². The largest absolute Gasteiger partial charge is 0.475 e. The fourth-order valence-electron chi connectivity index (χ4n) is 5.86. The van der Waals surface area contributed by atoms with Gasteiger partial charge in [0.1, 0.15) is 0 Å². The van der Waals surface area contributed by atoms with Gasteiger partial charge in [0.15, 0.2) is 0 Å². The number of hydrogen-bond donors (Lipinski definition) is 1. The normalized spacial score (nSPS) is 16.1. The quantitative estimate of drug-likeness (QED) is 0.0449. The van der Waals surface area contributed by atoms with Gasteiger partial charge in [0.05, 0.1) is 25.9 Å². The maximum atomic E-state index is 12.8. The summed E-state index contributed by atoms with van der Waals surface area (Å²) in [6, 6.07) is -0.267. The molecule has 1 fully saturated rings. The van der Waals surface area contributed by atoms with Crippen molar-refractivity contribution < 1.29 is 22.9 Å². The fourth-order valence-corrected chi connectivity index (χ4v) is 7.02. The molecule has 7 heteroatoms. The average Bonchev–Trinajstić information content (AvgIpc) is 3.46. The number of nitrogens with one attached hydrogen (secondary N) is 1. The third kappa shape index (κ3) is 24.5. The Labute approximate surface area is 273 Å². The molecule has 260 valence electrons. The predicted molar refractivity (Wildman–Crippen MR) is 187 cm³/mol. The van der Waals surface area contributed by atoms with Gasteiger partial charge < -0.3 is 5.32 Å². The van der Waals surface area contributed by atoms with Crippen LogP contribution in [0.25, 0.3) is 0 Å². The van der Waals surface area contributed by atoms with E-state index in [0.717, 1.165) is 19.3 Å². The van der Waals surface area contributed by atoms with E-state index < -0.39 is 7.82 Å². The van der Waals surface area contributed by atoms with Crippen molar-refractivity contribution in [2.75, 3.05) is 19.8 Å². The van der Waals surface area contributed by atoms with Crippen LogP contribution in [-0.2, 0) is 22.9 Å². The van der Waals surface area contributed by atoms with Gasteiger partial charge in [-0.1, -0.05) is 174 Å². The molecule has 0 unspecified atom stereocenters. The summed E-state index contributed by atoms with van der Waals surface area (Å²) in [5.74, 6) is 0.103. The maximum Gasteiger partial charge on any atom is 0.475 e. The first kappa shape index (κ1) is 41.3. The SMILES string of the molecule is CCCCCCCCCCCCC/C=C/[C@@H](C)[C@H](COP1(=O)OCCO1)NC(=O)CCCCCCCCCCCCCCC. The van der Waals surface area contributed by atoms with Crippen molar-refractivity contribution in [3.05, 3.63) is 12.2 Å². The fraction of sp³-hybridized carbons (Fsp3) is 0.919. The lowest BCUT2D eigenvalue weighted by Gasteiger charge is -2.24. The Morgan fingerprint density at radius 2 is 1.09 bits per heavy atom. The van der Waals surface area contributed by atoms with Crippen molar-refractivity contribution >= 4 is 13.7 Å². The smallest absolute Gasteiger partial charge is 0.350 e. The van der Waals surface area contributed by atoms with E-state index in [0.29, 0.717) is 6.42 Å². The maximum absolute atomic E-state index is 12.8. The monoisotopic (exact) mass is 642 g/mol. The van der Waals surface area contributed by atoms with Gasteiger partial charge in [-0.3, -0.25) is 18.4 Å². The zero-order chi connectivity index (χ0) is 32.0. The first-order valence-electron chi connectivity index (χ1n) is 19.0. The van der Waals surface area contributed by atoms with Crippen molar-refractivity contribution in [1.29, 1.82) is 0 Å². The summed E-state index contributed by atoms with van der Waals surface area (Å²) in [6.07, 6.45) is 37.6. The van der Waals surface area contributed by atoms with Gasteiger partial charge in [0.2, 0.25) is 5.91 Å². The molecule has 1 N–H and O–H groups in total. The molecule has 0 saturated carbocycles. The summed E-state index contributed by atoms with van der Waals surface area (Å²) in [7, 11) is -3.49. The molecule has 0 aromatic heterocycles. The van der Waals surface area contributed by atoms with Crippen LogP contribution < -0.4 is 5.32 Å². The predicted octanol–water partition coefficient (Wildman–Crippen LogP) is 12.0. The van der Waals surface area contributed by atoms with Gasteiger partial charge in [-0.15, -0.1) is 0 Å². The Bertz CT molecular complexity index is 721. The highest BCUT2D eigenvalue weighted by molar-refractivity contribution is 7.48. The summed E-state index contributed by atoms with van der Waals surface area (Å²) in [5, 5.41) is 3.15. The molecule has 0 bridgehead atoms. The number of hydrogen-bond acceptors (Lipinski definition) is 5. The van der Waals surface area contributed by atoms with Gasteiger partial charge in [-0.2, -0.15) is 0 Å². The Balaban J connectivity index is 2.23. The van der Waals surface area contributed by atoms with E-state index in [1.54, 1.807) is 0 Å². The minimum atomic E-state index is -3.49. The van der Waals surface area contributed by atoms with Crippen LogP contribution in [-0.4, -0.2) is 31.8 Å². The van der Waals surface area contributed by atoms with Crippen LogP contribution in [0.3, 0.4) is 0 Å². The van der Waals surface area contributed by atoms with E-state index in [1.807, 2.05) is 0 Å². The lowest BCUT2D eigenvalue weighted by atomic mass is 10.0. The summed E-state index contributed by atoms with van der Waals surface area (Å²) in [5.41, 5.74) is 0. The molecule has 0 aliphatic carbocycles. The Morgan fingerprint density at radius 1 is 0.682 bits per heavy atom. The molecule has 2 atom stereocenters. The number of unbranched alkanes of at least 4 members (excludes halogenated alkanes) is 23. The minimum Gasteiger partial charge on any atom is -0.350 e. The van der Waals surface area contributed by atoms with Crippen LogP contribution in [0.2, 0.25) is 0 Å². The Morgan fingerprint density at radius 3 is 1.55 bits per heavy atom. The third-order valence-corrected chi connectivity index (χ3v) is 10.4. The molecule has 6 nitrogen and oxygen atoms in total. The number of carbonyl (C=O) groups is 1. The molecule has 44 heavy (non-hydrogen) atoms. The molecule has 1 amide bonds. The number of allylic oxidation sites excluding steroid dienone is 1. The molecule has 1 aliphatic rings. The number of rotatable bonds is 32. The molecule has 1 saturated heterocycles. The van der Waals surface area contributed by atoms with Crippen molar-refractivity contribution in [2.24, 2.45) is 5.92 Å². The second-order valence-corrected chi connectivity index (χ2v) is 14.9. The third-order valence-electron chi connectivity index (χ3n) is 8.90. The summed E-state index contributed by atoms with van der Waals surface area (Å²) < 4.78 is 28.5. The van der Waals surface area contributed by atoms with Gasteiger partial charge in [-0.05, 0) is 25.2 Å². The standard InChI is InChI=1S/C37H72NO5P/c1-4-6-8-10-12-14-16-18-20-22-24-26-28-30-35(3)36(34-43-44(40)41-32-33-42-44)38-37(39)31-29-27-25-23-21-19-17-15-13-11-9-7-5-2/h28,30,35-36H,4-27,29,31-34H2,1-3H3,(H,38,39)/b30-28+/t35-,36+/m1/s1. The Hall–Kier alpha value is -0.680. The number of phosphoric ester groups is 1. The molecule has 0 radical (unpaired) electrons. The molecule has 0 aromatic carbocycles. The van der Waals surface area contributed by atoms with Gasteiger partial charge in [0, 0.05) is 6.42 Å². The van der Waals surface area contributed by atoms with E-state index in [9.17, 15) is 9.36 Å². The summed E-state index contributed by atoms with van der Waals surface area (Å²) >= 11 is 0. The molecule has 1 heterocycles. The van der Waals surface area contributed by atoms with Crippen LogP contribution in [0, 0.1) is 5.92 Å². The molecule has 0 spiro atoms.